The summed E-state index contributed by atoms with van der Waals surface area (Å²) in [5.74, 6) is 1.10. The number of hydrogen-bond acceptors (Lipinski definition) is 7. The first-order chi connectivity index (χ1) is 14.7. The lowest BCUT2D eigenvalue weighted by Gasteiger charge is -2.23. The number of rotatable bonds is 10. The molecule has 0 fully saturated rings. The average Bonchev–Trinajstić information content (AvgIpc) is 2.72. The van der Waals surface area contributed by atoms with Gasteiger partial charge in [-0.3, -0.25) is 4.79 Å². The van der Waals surface area contributed by atoms with Crippen LogP contribution in [0.2, 0.25) is 0 Å². The number of aromatic nitrogens is 2. The highest BCUT2D eigenvalue weighted by atomic mass is 16.6. The van der Waals surface area contributed by atoms with Crippen LogP contribution in [0.15, 0.2) is 24.3 Å². The first kappa shape index (κ1) is 24.4. The van der Waals surface area contributed by atoms with E-state index < -0.39 is 11.7 Å². The summed E-state index contributed by atoms with van der Waals surface area (Å²) in [6, 6.07) is 7.42. The first-order valence-corrected chi connectivity index (χ1v) is 10.8. The molecule has 0 aliphatic rings. The van der Waals surface area contributed by atoms with Crippen molar-refractivity contribution in [1.29, 1.82) is 0 Å². The largest absolute Gasteiger partial charge is 0.469 e. The highest BCUT2D eigenvalue weighted by Gasteiger charge is 2.22. The van der Waals surface area contributed by atoms with Crippen LogP contribution in [0, 0.1) is 0 Å². The zero-order valence-corrected chi connectivity index (χ0v) is 19.2. The normalized spacial score (nSPS) is 12.3. The summed E-state index contributed by atoms with van der Waals surface area (Å²) in [5, 5.41) is 7.19. The zero-order valence-electron chi connectivity index (χ0n) is 19.2. The van der Waals surface area contributed by atoms with Crippen molar-refractivity contribution < 1.29 is 19.1 Å². The molecule has 1 heterocycles. The molecule has 0 aliphatic heterocycles. The van der Waals surface area contributed by atoms with Gasteiger partial charge in [0.25, 0.3) is 0 Å². The van der Waals surface area contributed by atoms with Gasteiger partial charge in [0, 0.05) is 18.4 Å². The number of esters is 1. The number of hydrogen-bond donors (Lipinski definition) is 2. The monoisotopic (exact) mass is 430 g/mol. The summed E-state index contributed by atoms with van der Waals surface area (Å²) in [4.78, 5) is 32.8. The fraction of sp³-hybridized carbons (Fsp3) is 0.565. The number of ether oxygens (including phenoxy) is 2. The van der Waals surface area contributed by atoms with Crippen LogP contribution in [-0.4, -0.2) is 41.3 Å². The molecule has 2 N–H and O–H groups in total. The quantitative estimate of drug-likeness (QED) is 0.414. The van der Waals surface area contributed by atoms with Crippen LogP contribution in [0.25, 0.3) is 10.9 Å². The van der Waals surface area contributed by atoms with Gasteiger partial charge in [-0.15, -0.1) is 0 Å². The van der Waals surface area contributed by atoms with E-state index in [1.807, 2.05) is 52.0 Å². The van der Waals surface area contributed by atoms with E-state index in [0.717, 1.165) is 42.5 Å². The van der Waals surface area contributed by atoms with Crippen molar-refractivity contribution in [2.45, 2.75) is 71.4 Å². The number of amides is 1. The van der Waals surface area contributed by atoms with E-state index in [-0.39, 0.29) is 12.0 Å². The summed E-state index contributed by atoms with van der Waals surface area (Å²) in [7, 11) is 1.41. The Morgan fingerprint density at radius 1 is 1.10 bits per heavy atom. The molecule has 0 aliphatic carbocycles. The van der Waals surface area contributed by atoms with E-state index in [4.69, 9.17) is 9.72 Å². The topological polar surface area (TPSA) is 102 Å². The standard InChI is InChI=1S/C23H34N4O4/c1-6-17(26-22(29)31-23(2,3)4)21-25-18-13-10-9-12-16(18)20(27-21)24-15-11-7-8-14-19(28)30-5/h9-10,12-13,17H,6-8,11,14-15H2,1-5H3,(H,26,29)(H,24,25,27)/t17-/m0/s1. The predicted molar refractivity (Wildman–Crippen MR) is 121 cm³/mol. The molecule has 0 saturated carbocycles. The molecule has 0 spiro atoms. The molecule has 1 amide bonds. The van der Waals surface area contributed by atoms with Gasteiger partial charge in [0.15, 0.2) is 5.82 Å². The van der Waals surface area contributed by atoms with Crippen molar-refractivity contribution in [3.8, 4) is 0 Å². The number of fused-ring (bicyclic) bond motifs is 1. The number of anilines is 1. The third kappa shape index (κ3) is 8.03. The highest BCUT2D eigenvalue weighted by molar-refractivity contribution is 5.89. The minimum absolute atomic E-state index is 0.178. The lowest BCUT2D eigenvalue weighted by molar-refractivity contribution is -0.140. The molecule has 170 valence electrons. The maximum absolute atomic E-state index is 12.3. The van der Waals surface area contributed by atoms with Crippen molar-refractivity contribution >= 4 is 28.8 Å². The number of methoxy groups -OCH3 is 1. The van der Waals surface area contributed by atoms with Crippen LogP contribution < -0.4 is 10.6 Å². The smallest absolute Gasteiger partial charge is 0.408 e. The number of alkyl carbamates (subject to hydrolysis) is 1. The summed E-state index contributed by atoms with van der Waals surface area (Å²) in [6.07, 6.45) is 3.18. The van der Waals surface area contributed by atoms with Gasteiger partial charge in [0.1, 0.15) is 11.4 Å². The molecule has 8 heteroatoms. The van der Waals surface area contributed by atoms with Crippen molar-refractivity contribution in [2.24, 2.45) is 0 Å². The second-order valence-electron chi connectivity index (χ2n) is 8.37. The van der Waals surface area contributed by atoms with Gasteiger partial charge in [-0.1, -0.05) is 25.5 Å². The minimum Gasteiger partial charge on any atom is -0.469 e. The summed E-state index contributed by atoms with van der Waals surface area (Å²) in [5.41, 5.74) is 0.234. The molecule has 0 bridgehead atoms. The molecule has 0 unspecified atom stereocenters. The Bertz CT molecular complexity index is 879. The number of unbranched alkanes of at least 4 members (excludes halogenated alkanes) is 2. The lowest BCUT2D eigenvalue weighted by atomic mass is 10.1. The Labute approximate surface area is 184 Å². The fourth-order valence-corrected chi connectivity index (χ4v) is 3.06. The zero-order chi connectivity index (χ0) is 22.9. The van der Waals surface area contributed by atoms with Crippen molar-refractivity contribution in [2.75, 3.05) is 19.0 Å². The SMILES string of the molecule is CC[C@H](NC(=O)OC(C)(C)C)c1nc(NCCCCCC(=O)OC)c2ccccc2n1. The molecule has 0 saturated heterocycles. The first-order valence-electron chi connectivity index (χ1n) is 10.8. The van der Waals surface area contributed by atoms with Crippen molar-refractivity contribution in [3.63, 3.8) is 0 Å². The fourth-order valence-electron chi connectivity index (χ4n) is 3.06. The van der Waals surface area contributed by atoms with E-state index in [1.165, 1.54) is 7.11 Å². The number of nitrogens with zero attached hydrogens (tertiary/aromatic N) is 2. The molecule has 2 rings (SSSR count). The van der Waals surface area contributed by atoms with Crippen LogP contribution in [0.4, 0.5) is 10.6 Å². The maximum Gasteiger partial charge on any atom is 0.408 e. The van der Waals surface area contributed by atoms with Gasteiger partial charge < -0.3 is 20.1 Å². The van der Waals surface area contributed by atoms with E-state index >= 15 is 0 Å². The van der Waals surface area contributed by atoms with Gasteiger partial charge >= 0.3 is 12.1 Å². The highest BCUT2D eigenvalue weighted by Crippen LogP contribution is 2.24. The molecular formula is C23H34N4O4. The lowest BCUT2D eigenvalue weighted by Crippen LogP contribution is -2.35. The van der Waals surface area contributed by atoms with E-state index in [1.54, 1.807) is 0 Å². The van der Waals surface area contributed by atoms with Gasteiger partial charge in [-0.2, -0.15) is 0 Å². The minimum atomic E-state index is -0.576. The average molecular weight is 431 g/mol. The molecule has 1 atom stereocenters. The van der Waals surface area contributed by atoms with Gasteiger partial charge in [0.2, 0.25) is 0 Å². The summed E-state index contributed by atoms with van der Waals surface area (Å²) in [6.45, 7) is 8.17. The van der Waals surface area contributed by atoms with Gasteiger partial charge in [-0.05, 0) is 52.2 Å². The second-order valence-corrected chi connectivity index (χ2v) is 8.37. The van der Waals surface area contributed by atoms with E-state index in [0.29, 0.717) is 18.7 Å². The Kier molecular flexibility index (Phi) is 9.03. The van der Waals surface area contributed by atoms with Crippen molar-refractivity contribution in [1.82, 2.24) is 15.3 Å². The van der Waals surface area contributed by atoms with Gasteiger partial charge in [-0.25, -0.2) is 14.8 Å². The second kappa shape index (κ2) is 11.5. The third-order valence-electron chi connectivity index (χ3n) is 4.61. The molecule has 2 aromatic rings. The Morgan fingerprint density at radius 3 is 2.52 bits per heavy atom. The Morgan fingerprint density at radius 2 is 1.84 bits per heavy atom. The number of nitrogens with one attached hydrogen (secondary N) is 2. The van der Waals surface area contributed by atoms with Gasteiger partial charge in [0.05, 0.1) is 18.7 Å². The maximum atomic E-state index is 12.3. The molecular weight excluding hydrogens is 396 g/mol. The summed E-state index contributed by atoms with van der Waals surface area (Å²) < 4.78 is 10.0. The third-order valence-corrected chi connectivity index (χ3v) is 4.61. The Hall–Kier alpha value is -2.90. The summed E-state index contributed by atoms with van der Waals surface area (Å²) >= 11 is 0. The molecule has 8 nitrogen and oxygen atoms in total. The van der Waals surface area contributed by atoms with Crippen molar-refractivity contribution in [3.05, 3.63) is 30.1 Å². The number of benzene rings is 1. The van der Waals surface area contributed by atoms with E-state index in [2.05, 4.69) is 20.4 Å². The van der Waals surface area contributed by atoms with Crippen LogP contribution in [0.1, 0.15) is 71.7 Å². The van der Waals surface area contributed by atoms with Crippen LogP contribution >= 0.6 is 0 Å². The molecule has 0 radical (unpaired) electrons. The number of para-hydroxylation sites is 1. The Balaban J connectivity index is 2.10. The van der Waals surface area contributed by atoms with Crippen LogP contribution in [0.3, 0.4) is 0 Å². The predicted octanol–water partition coefficient (Wildman–Crippen LogP) is 4.75. The molecule has 1 aromatic heterocycles. The van der Waals surface area contributed by atoms with Crippen LogP contribution in [0.5, 0.6) is 0 Å². The molecule has 31 heavy (non-hydrogen) atoms. The number of carbonyl (C=O) groups excluding carboxylic acids is 2. The van der Waals surface area contributed by atoms with E-state index in [9.17, 15) is 9.59 Å². The molecule has 1 aromatic carbocycles. The van der Waals surface area contributed by atoms with Crippen LogP contribution in [-0.2, 0) is 14.3 Å². The number of carbonyl (C=O) groups is 2.